The highest BCUT2D eigenvalue weighted by atomic mass is 35.5. The second kappa shape index (κ2) is 8.38. The molecule has 104 valence electrons. The third-order valence-corrected chi connectivity index (χ3v) is 3.56. The highest BCUT2D eigenvalue weighted by Gasteiger charge is 2.15. The van der Waals surface area contributed by atoms with Crippen molar-refractivity contribution in [3.8, 4) is 0 Å². The summed E-state index contributed by atoms with van der Waals surface area (Å²) in [6.45, 7) is 4.15. The molecule has 1 rings (SSSR count). The van der Waals surface area contributed by atoms with E-state index in [1.807, 2.05) is 12.1 Å². The van der Waals surface area contributed by atoms with Crippen molar-refractivity contribution in [1.82, 2.24) is 10.6 Å². The molecule has 0 aliphatic heterocycles. The summed E-state index contributed by atoms with van der Waals surface area (Å²) in [5.41, 5.74) is 0.863. The molecule has 1 unspecified atom stereocenters. The van der Waals surface area contributed by atoms with Crippen LogP contribution in [0.2, 0.25) is 10.0 Å². The summed E-state index contributed by atoms with van der Waals surface area (Å²) in [7, 11) is 0. The average molecular weight is 319 g/mol. The number of nitrogens with one attached hydrogen (secondary N) is 2. The molecule has 0 radical (unpaired) electrons. The number of hydrogen-bond acceptors (Lipinski definition) is 2. The summed E-state index contributed by atoms with van der Waals surface area (Å²) in [4.78, 5) is 0. The van der Waals surface area contributed by atoms with Crippen LogP contribution in [0.5, 0.6) is 0 Å². The van der Waals surface area contributed by atoms with Gasteiger partial charge in [-0.05, 0) is 30.3 Å². The summed E-state index contributed by atoms with van der Waals surface area (Å²) >= 11 is 17.4. The van der Waals surface area contributed by atoms with Crippen molar-refractivity contribution in [2.45, 2.75) is 12.5 Å². The van der Waals surface area contributed by atoms with Crippen LogP contribution >= 0.6 is 35.4 Å². The first-order valence-electron chi connectivity index (χ1n) is 5.80. The molecular weight excluding hydrogens is 303 g/mol. The zero-order valence-electron chi connectivity index (χ0n) is 10.3. The Morgan fingerprint density at radius 3 is 2.84 bits per heavy atom. The normalized spacial score (nSPS) is 11.7. The van der Waals surface area contributed by atoms with Gasteiger partial charge in [0.05, 0.1) is 22.7 Å². The molecule has 1 atom stereocenters. The molecular formula is C13H16Cl2N2OS. The predicted octanol–water partition coefficient (Wildman–Crippen LogP) is 3.07. The Morgan fingerprint density at radius 1 is 1.47 bits per heavy atom. The second-order valence-electron chi connectivity index (χ2n) is 3.84. The molecule has 0 bridgehead atoms. The maximum atomic E-state index is 8.75. The zero-order chi connectivity index (χ0) is 14.3. The molecule has 0 spiro atoms. The smallest absolute Gasteiger partial charge is 0.166 e. The first-order valence-corrected chi connectivity index (χ1v) is 6.96. The number of thiocarbonyl (C=S) groups is 1. The summed E-state index contributed by atoms with van der Waals surface area (Å²) in [6.07, 6.45) is 2.44. The molecule has 0 aliphatic carbocycles. The van der Waals surface area contributed by atoms with Gasteiger partial charge in [0.25, 0.3) is 0 Å². The summed E-state index contributed by atoms with van der Waals surface area (Å²) in [6, 6.07) is 5.36. The van der Waals surface area contributed by atoms with Gasteiger partial charge in [0.2, 0.25) is 0 Å². The third-order valence-electron chi connectivity index (χ3n) is 2.46. The van der Waals surface area contributed by atoms with Gasteiger partial charge in [0.1, 0.15) is 0 Å². The first kappa shape index (κ1) is 16.2. The van der Waals surface area contributed by atoms with Gasteiger partial charge in [0, 0.05) is 6.54 Å². The minimum atomic E-state index is -0.109. The fraction of sp³-hybridized carbons (Fsp3) is 0.308. The number of halogens is 2. The van der Waals surface area contributed by atoms with E-state index in [4.69, 9.17) is 40.5 Å². The highest BCUT2D eigenvalue weighted by molar-refractivity contribution is 7.80. The van der Waals surface area contributed by atoms with Gasteiger partial charge < -0.3 is 15.7 Å². The van der Waals surface area contributed by atoms with Crippen molar-refractivity contribution in [2.24, 2.45) is 0 Å². The number of benzene rings is 1. The Labute approximate surface area is 128 Å². The minimum absolute atomic E-state index is 0.0197. The zero-order valence-corrected chi connectivity index (χ0v) is 12.7. The second-order valence-corrected chi connectivity index (χ2v) is 5.04. The largest absolute Gasteiger partial charge is 0.395 e. The van der Waals surface area contributed by atoms with Crippen LogP contribution in [0.3, 0.4) is 0 Å². The Kier molecular flexibility index (Phi) is 7.16. The Bertz CT molecular complexity index is 454. The standard InChI is InChI=1S/C13H16Cl2N2OS/c1-2-4-11(17-13(19)16-7-8-18)9-5-3-6-10(14)12(9)15/h2-3,5-6,11,18H,1,4,7-8H2,(H2,16,17,19). The van der Waals surface area contributed by atoms with E-state index < -0.39 is 0 Å². The quantitative estimate of drug-likeness (QED) is 0.557. The topological polar surface area (TPSA) is 44.3 Å². The Morgan fingerprint density at radius 2 is 2.21 bits per heavy atom. The van der Waals surface area contributed by atoms with Gasteiger partial charge in [0.15, 0.2) is 5.11 Å². The third kappa shape index (κ3) is 4.99. The van der Waals surface area contributed by atoms with Crippen molar-refractivity contribution in [3.63, 3.8) is 0 Å². The van der Waals surface area contributed by atoms with Gasteiger partial charge in [-0.1, -0.05) is 41.4 Å². The van der Waals surface area contributed by atoms with E-state index in [1.165, 1.54) is 0 Å². The molecule has 19 heavy (non-hydrogen) atoms. The molecule has 3 nitrogen and oxygen atoms in total. The van der Waals surface area contributed by atoms with Gasteiger partial charge in [-0.15, -0.1) is 6.58 Å². The van der Waals surface area contributed by atoms with Crippen LogP contribution in [0.15, 0.2) is 30.9 Å². The summed E-state index contributed by atoms with van der Waals surface area (Å²) in [5.74, 6) is 0. The van der Waals surface area contributed by atoms with Crippen molar-refractivity contribution in [1.29, 1.82) is 0 Å². The number of rotatable bonds is 6. The van der Waals surface area contributed by atoms with Crippen LogP contribution in [-0.4, -0.2) is 23.4 Å². The molecule has 0 fully saturated rings. The van der Waals surface area contributed by atoms with E-state index >= 15 is 0 Å². The van der Waals surface area contributed by atoms with Gasteiger partial charge in [-0.25, -0.2) is 0 Å². The Hall–Kier alpha value is -0.810. The molecule has 0 heterocycles. The molecule has 6 heteroatoms. The molecule has 0 amide bonds. The molecule has 1 aromatic carbocycles. The summed E-state index contributed by atoms with van der Waals surface area (Å²) < 4.78 is 0. The lowest BCUT2D eigenvalue weighted by atomic mass is 10.0. The number of aliphatic hydroxyl groups is 1. The highest BCUT2D eigenvalue weighted by Crippen LogP contribution is 2.31. The summed E-state index contributed by atoms with van der Waals surface area (Å²) in [5, 5.41) is 16.2. The lowest BCUT2D eigenvalue weighted by molar-refractivity contribution is 0.300. The first-order chi connectivity index (χ1) is 9.10. The Balaban J connectivity index is 2.85. The minimum Gasteiger partial charge on any atom is -0.395 e. The number of aliphatic hydroxyl groups excluding tert-OH is 1. The molecule has 0 aromatic heterocycles. The molecule has 3 N–H and O–H groups in total. The van der Waals surface area contributed by atoms with Crippen LogP contribution in [0.4, 0.5) is 0 Å². The van der Waals surface area contributed by atoms with Crippen LogP contribution in [0, 0.1) is 0 Å². The maximum Gasteiger partial charge on any atom is 0.166 e. The van der Waals surface area contributed by atoms with Gasteiger partial charge in [-0.2, -0.15) is 0 Å². The number of hydrogen-bond donors (Lipinski definition) is 3. The van der Waals surface area contributed by atoms with Crippen LogP contribution in [0.1, 0.15) is 18.0 Å². The van der Waals surface area contributed by atoms with E-state index in [0.717, 1.165) is 5.56 Å². The van der Waals surface area contributed by atoms with Crippen molar-refractivity contribution < 1.29 is 5.11 Å². The lowest BCUT2D eigenvalue weighted by Gasteiger charge is -2.21. The fourth-order valence-electron chi connectivity index (χ4n) is 1.60. The van der Waals surface area contributed by atoms with E-state index in [1.54, 1.807) is 12.1 Å². The van der Waals surface area contributed by atoms with Crippen LogP contribution in [-0.2, 0) is 0 Å². The van der Waals surface area contributed by atoms with Gasteiger partial charge >= 0.3 is 0 Å². The maximum absolute atomic E-state index is 8.75. The molecule has 0 saturated carbocycles. The van der Waals surface area contributed by atoms with Gasteiger partial charge in [-0.3, -0.25) is 0 Å². The SMILES string of the molecule is C=CCC(NC(=S)NCCO)c1cccc(Cl)c1Cl. The predicted molar refractivity (Wildman–Crippen MR) is 84.8 cm³/mol. The fourth-order valence-corrected chi connectivity index (χ4v) is 2.28. The van der Waals surface area contributed by atoms with E-state index in [9.17, 15) is 0 Å². The van der Waals surface area contributed by atoms with Crippen molar-refractivity contribution in [2.75, 3.05) is 13.2 Å². The van der Waals surface area contributed by atoms with E-state index in [0.29, 0.717) is 28.1 Å². The molecule has 0 aliphatic rings. The molecule has 0 saturated heterocycles. The average Bonchev–Trinajstić information content (AvgIpc) is 2.39. The van der Waals surface area contributed by atoms with Crippen molar-refractivity contribution >= 4 is 40.5 Å². The lowest BCUT2D eigenvalue weighted by Crippen LogP contribution is -2.39. The van der Waals surface area contributed by atoms with E-state index in [-0.39, 0.29) is 12.6 Å². The van der Waals surface area contributed by atoms with E-state index in [2.05, 4.69) is 17.2 Å². The van der Waals surface area contributed by atoms with Crippen LogP contribution < -0.4 is 10.6 Å². The van der Waals surface area contributed by atoms with Crippen molar-refractivity contribution in [3.05, 3.63) is 46.5 Å². The van der Waals surface area contributed by atoms with Crippen LogP contribution in [0.25, 0.3) is 0 Å². The monoisotopic (exact) mass is 318 g/mol. The molecule has 1 aromatic rings.